The van der Waals surface area contributed by atoms with Gasteiger partial charge in [-0.25, -0.2) is 0 Å². The smallest absolute Gasteiger partial charge is 0.249 e. The Bertz CT molecular complexity index is 928. The number of ether oxygens (including phenoxy) is 1. The molecule has 0 aromatic heterocycles. The van der Waals surface area contributed by atoms with Crippen molar-refractivity contribution < 1.29 is 24.2 Å². The van der Waals surface area contributed by atoms with Gasteiger partial charge in [-0.05, 0) is 32.1 Å². The number of aliphatic hydroxyl groups is 1. The molecule has 8 heteroatoms. The van der Waals surface area contributed by atoms with Crippen LogP contribution in [0.4, 0.5) is 0 Å². The molecule has 3 fully saturated rings. The lowest BCUT2D eigenvalue weighted by atomic mass is 9.73. The predicted molar refractivity (Wildman–Crippen MR) is 130 cm³/mol. The Morgan fingerprint density at radius 1 is 0.971 bits per heavy atom. The maximum absolute atomic E-state index is 14.3. The molecule has 1 unspecified atom stereocenters. The first-order valence-corrected chi connectivity index (χ1v) is 13.4. The van der Waals surface area contributed by atoms with E-state index in [0.717, 1.165) is 25.7 Å². The highest BCUT2D eigenvalue weighted by Gasteiger charge is 2.75. The topological polar surface area (TPSA) is 90.4 Å². The Morgan fingerprint density at radius 3 is 2.43 bits per heavy atom. The summed E-state index contributed by atoms with van der Waals surface area (Å²) in [7, 11) is 1.76. The number of carbonyl (C=O) groups excluding carboxylic acids is 3. The summed E-state index contributed by atoms with van der Waals surface area (Å²) in [6.45, 7) is 3.37. The van der Waals surface area contributed by atoms with Gasteiger partial charge in [0.15, 0.2) is 0 Å². The summed E-state index contributed by atoms with van der Waals surface area (Å²) < 4.78 is 6.93. The van der Waals surface area contributed by atoms with Crippen molar-refractivity contribution in [2.24, 2.45) is 11.8 Å². The van der Waals surface area contributed by atoms with Gasteiger partial charge in [-0.3, -0.25) is 14.4 Å². The van der Waals surface area contributed by atoms with Crippen LogP contribution in [0.5, 0.6) is 0 Å². The first kappa shape index (κ1) is 24.5. The molecule has 4 heterocycles. The van der Waals surface area contributed by atoms with E-state index in [1.165, 1.54) is 6.42 Å². The quantitative estimate of drug-likeness (QED) is 0.458. The summed E-state index contributed by atoms with van der Waals surface area (Å²) in [5.74, 6) is -1.75. The molecule has 3 amide bonds. The lowest BCUT2D eigenvalue weighted by Gasteiger charge is -2.40. The van der Waals surface area contributed by atoms with E-state index in [-0.39, 0.29) is 30.4 Å². The average Bonchev–Trinajstić information content (AvgIpc) is 3.16. The van der Waals surface area contributed by atoms with E-state index in [4.69, 9.17) is 4.74 Å². The molecule has 2 saturated heterocycles. The number of fused-ring (bicyclic) bond motifs is 2. The Balaban J connectivity index is 1.60. The number of hydrogen-bond acceptors (Lipinski definition) is 5. The van der Waals surface area contributed by atoms with Crippen molar-refractivity contribution in [2.75, 3.05) is 33.3 Å². The fraction of sp³-hybridized carbons (Fsp3) is 0.741. The van der Waals surface area contributed by atoms with Crippen LogP contribution in [0.1, 0.15) is 58.3 Å². The number of rotatable bonds is 6. The summed E-state index contributed by atoms with van der Waals surface area (Å²) >= 11 is 0. The molecule has 5 rings (SSSR count). The standard InChI is InChI=1S/C27H39N3O5/c1-3-26-13-9-15-28(2)23(32)20(26)21-24(33)30(16-7-8-18-31)22-25(34)29(19-11-5-4-6-12-19)17-10-14-27(21,22)35-26/h9-10,13-14,19-22,31H,3-8,11-12,15-18H2,1-2H3/t20-,21-,22?,26+,27-/m0/s1. The molecule has 1 aliphatic carbocycles. The second-order valence-corrected chi connectivity index (χ2v) is 10.9. The van der Waals surface area contributed by atoms with Crippen LogP contribution in [-0.2, 0) is 19.1 Å². The summed E-state index contributed by atoms with van der Waals surface area (Å²) in [6.07, 6.45) is 14.9. The minimum Gasteiger partial charge on any atom is -0.396 e. The SMILES string of the molecule is CC[C@@]12C=CCN(C)C(=O)[C@@H]1[C@H]1C(=O)N(CCCCO)C3C(=O)N(C4CCCCC4)CC=C[C@@]31O2. The van der Waals surface area contributed by atoms with Crippen LogP contribution in [0, 0.1) is 11.8 Å². The molecule has 192 valence electrons. The predicted octanol–water partition coefficient (Wildman–Crippen LogP) is 1.88. The van der Waals surface area contributed by atoms with Gasteiger partial charge in [-0.2, -0.15) is 0 Å². The number of amides is 3. The number of unbranched alkanes of at least 4 members (excludes halogenated alkanes) is 1. The van der Waals surface area contributed by atoms with Gasteiger partial charge in [0, 0.05) is 39.3 Å². The number of likely N-dealkylation sites (N-methyl/N-ethyl adjacent to an activating group) is 1. The number of nitrogens with zero attached hydrogens (tertiary/aromatic N) is 3. The highest BCUT2D eigenvalue weighted by molar-refractivity contribution is 6.00. The largest absolute Gasteiger partial charge is 0.396 e. The van der Waals surface area contributed by atoms with E-state index in [9.17, 15) is 19.5 Å². The molecule has 5 aliphatic rings. The third-order valence-electron chi connectivity index (χ3n) is 8.99. The Hall–Kier alpha value is -2.19. The summed E-state index contributed by atoms with van der Waals surface area (Å²) in [6, 6.07) is -0.620. The van der Waals surface area contributed by atoms with Gasteiger partial charge >= 0.3 is 0 Å². The van der Waals surface area contributed by atoms with Crippen molar-refractivity contribution in [3.8, 4) is 0 Å². The van der Waals surface area contributed by atoms with Crippen LogP contribution in [0.3, 0.4) is 0 Å². The minimum atomic E-state index is -1.17. The maximum atomic E-state index is 14.3. The van der Waals surface area contributed by atoms with Crippen LogP contribution in [0.25, 0.3) is 0 Å². The van der Waals surface area contributed by atoms with Crippen molar-refractivity contribution >= 4 is 17.7 Å². The van der Waals surface area contributed by atoms with Gasteiger partial charge in [-0.1, -0.05) is 50.5 Å². The molecule has 35 heavy (non-hydrogen) atoms. The van der Waals surface area contributed by atoms with Crippen LogP contribution in [-0.4, -0.2) is 94.1 Å². The number of hydrogen-bond donors (Lipinski definition) is 1. The van der Waals surface area contributed by atoms with Crippen LogP contribution < -0.4 is 0 Å². The first-order chi connectivity index (χ1) is 16.9. The van der Waals surface area contributed by atoms with E-state index < -0.39 is 29.1 Å². The average molecular weight is 486 g/mol. The van der Waals surface area contributed by atoms with E-state index >= 15 is 0 Å². The molecule has 1 N–H and O–H groups in total. The van der Waals surface area contributed by atoms with Gasteiger partial charge in [0.25, 0.3) is 0 Å². The highest BCUT2D eigenvalue weighted by Crippen LogP contribution is 2.58. The second kappa shape index (κ2) is 9.36. The van der Waals surface area contributed by atoms with Crippen LogP contribution in [0.2, 0.25) is 0 Å². The van der Waals surface area contributed by atoms with Crippen LogP contribution in [0.15, 0.2) is 24.3 Å². The molecular weight excluding hydrogens is 446 g/mol. The zero-order chi connectivity index (χ0) is 24.8. The lowest BCUT2D eigenvalue weighted by Crippen LogP contribution is -2.57. The molecule has 1 spiro atoms. The van der Waals surface area contributed by atoms with Gasteiger partial charge in [-0.15, -0.1) is 0 Å². The lowest BCUT2D eigenvalue weighted by molar-refractivity contribution is -0.155. The monoisotopic (exact) mass is 485 g/mol. The number of aliphatic hydroxyl groups excluding tert-OH is 1. The van der Waals surface area contributed by atoms with Crippen molar-refractivity contribution in [3.63, 3.8) is 0 Å². The zero-order valence-corrected chi connectivity index (χ0v) is 21.0. The molecule has 0 aromatic rings. The zero-order valence-electron chi connectivity index (χ0n) is 21.0. The van der Waals surface area contributed by atoms with E-state index in [0.29, 0.717) is 38.9 Å². The van der Waals surface area contributed by atoms with Gasteiger partial charge < -0.3 is 24.5 Å². The van der Waals surface area contributed by atoms with Crippen molar-refractivity contribution in [1.82, 2.24) is 14.7 Å². The van der Waals surface area contributed by atoms with E-state index in [2.05, 4.69) is 0 Å². The van der Waals surface area contributed by atoms with Gasteiger partial charge in [0.2, 0.25) is 17.7 Å². The Morgan fingerprint density at radius 2 is 1.71 bits per heavy atom. The maximum Gasteiger partial charge on any atom is 0.249 e. The van der Waals surface area contributed by atoms with Crippen molar-refractivity contribution in [3.05, 3.63) is 24.3 Å². The summed E-state index contributed by atoms with van der Waals surface area (Å²) in [4.78, 5) is 47.4. The molecule has 0 bridgehead atoms. The minimum absolute atomic E-state index is 0.0372. The fourth-order valence-corrected chi connectivity index (χ4v) is 7.25. The summed E-state index contributed by atoms with van der Waals surface area (Å²) in [5, 5.41) is 9.35. The van der Waals surface area contributed by atoms with Crippen LogP contribution >= 0.6 is 0 Å². The molecular formula is C27H39N3O5. The first-order valence-electron chi connectivity index (χ1n) is 13.4. The Labute approximate surface area is 207 Å². The Kier molecular flexibility index (Phi) is 6.55. The molecule has 0 radical (unpaired) electrons. The van der Waals surface area contributed by atoms with E-state index in [1.54, 1.807) is 16.8 Å². The van der Waals surface area contributed by atoms with Gasteiger partial charge in [0.05, 0.1) is 17.4 Å². The molecule has 0 aromatic carbocycles. The number of likely N-dealkylation sites (tertiary alicyclic amines) is 1. The highest BCUT2D eigenvalue weighted by atomic mass is 16.5. The molecule has 4 aliphatic heterocycles. The summed E-state index contributed by atoms with van der Waals surface area (Å²) in [5.41, 5.74) is -2.09. The van der Waals surface area contributed by atoms with Crippen molar-refractivity contribution in [1.29, 1.82) is 0 Å². The molecule has 1 saturated carbocycles. The third kappa shape index (κ3) is 3.67. The van der Waals surface area contributed by atoms with E-state index in [1.807, 2.05) is 36.1 Å². The normalized spacial score (nSPS) is 37.4. The molecule has 8 nitrogen and oxygen atoms in total. The van der Waals surface area contributed by atoms with Crippen molar-refractivity contribution in [2.45, 2.75) is 81.6 Å². The van der Waals surface area contributed by atoms with Gasteiger partial charge in [0.1, 0.15) is 11.6 Å². The fourth-order valence-electron chi connectivity index (χ4n) is 7.25. The second-order valence-electron chi connectivity index (χ2n) is 10.9. The molecule has 5 atom stereocenters. The number of carbonyl (C=O) groups is 3. The third-order valence-corrected chi connectivity index (χ3v) is 8.99.